The van der Waals surface area contributed by atoms with Crippen LogP contribution in [-0.4, -0.2) is 34.9 Å². The van der Waals surface area contributed by atoms with E-state index in [2.05, 4.69) is 15.4 Å². The van der Waals surface area contributed by atoms with Gasteiger partial charge in [0.1, 0.15) is 23.4 Å². The van der Waals surface area contributed by atoms with Crippen LogP contribution >= 0.6 is 11.6 Å². The predicted octanol–water partition coefficient (Wildman–Crippen LogP) is 3.01. The Hall–Kier alpha value is -3.02. The number of likely N-dealkylation sites (N-methyl/N-ethyl adjacent to an activating group) is 1. The van der Waals surface area contributed by atoms with Gasteiger partial charge >= 0.3 is 6.18 Å². The number of nitrogens with zero attached hydrogens (tertiary/aromatic N) is 4. The van der Waals surface area contributed by atoms with Crippen molar-refractivity contribution in [3.8, 4) is 0 Å². The van der Waals surface area contributed by atoms with Gasteiger partial charge in [-0.2, -0.15) is 13.2 Å². The number of hydrazine groups is 1. The molecule has 1 unspecified atom stereocenters. The van der Waals surface area contributed by atoms with Gasteiger partial charge in [-0.3, -0.25) is 15.0 Å². The predicted molar refractivity (Wildman–Crippen MR) is 95.6 cm³/mol. The van der Waals surface area contributed by atoms with Crippen molar-refractivity contribution in [2.45, 2.75) is 25.6 Å². The minimum absolute atomic E-state index is 0.0515. The van der Waals surface area contributed by atoms with Gasteiger partial charge in [0.15, 0.2) is 0 Å². The molecule has 2 amide bonds. The van der Waals surface area contributed by atoms with E-state index in [9.17, 15) is 31.5 Å². The third-order valence-electron chi connectivity index (χ3n) is 4.25. The standard InChI is InChI=1S/C17H13ClF5N5O2/c1-7-3-13(17(21,22)23)25-16(24-7)28-12(6-14(29)26-28)15(30)27(2)11-4-8(18)9(19)5-10(11)20/h3-5,12H,6H2,1-2H3,(H,26,29). The summed E-state index contributed by atoms with van der Waals surface area (Å²) in [5, 5.41) is 0.340. The maximum Gasteiger partial charge on any atom is 0.433 e. The average Bonchev–Trinajstić information content (AvgIpc) is 3.04. The molecule has 1 fully saturated rings. The highest BCUT2D eigenvalue weighted by atomic mass is 35.5. The number of anilines is 2. The fraction of sp³-hybridized carbons (Fsp3) is 0.294. The SMILES string of the molecule is Cc1cc(C(F)(F)F)nc(N2NC(=O)CC2C(=O)N(C)c2cc(Cl)c(F)cc2F)n1. The van der Waals surface area contributed by atoms with Crippen molar-refractivity contribution in [1.29, 1.82) is 0 Å². The van der Waals surface area contributed by atoms with Crippen LogP contribution < -0.4 is 15.3 Å². The number of halogens is 6. The Morgan fingerprint density at radius 3 is 2.53 bits per heavy atom. The second-order valence-electron chi connectivity index (χ2n) is 6.43. The summed E-state index contributed by atoms with van der Waals surface area (Å²) in [7, 11) is 1.15. The van der Waals surface area contributed by atoms with Gasteiger partial charge in [0.25, 0.3) is 5.91 Å². The maximum atomic E-state index is 14.1. The number of benzene rings is 1. The summed E-state index contributed by atoms with van der Waals surface area (Å²) in [5.74, 6) is -4.25. The summed E-state index contributed by atoms with van der Waals surface area (Å²) in [5.41, 5.74) is 0.527. The molecule has 0 aliphatic carbocycles. The number of hydrogen-bond donors (Lipinski definition) is 1. The molecule has 1 aromatic heterocycles. The van der Waals surface area contributed by atoms with E-state index in [4.69, 9.17) is 11.6 Å². The fourth-order valence-electron chi connectivity index (χ4n) is 2.83. The fourth-order valence-corrected chi connectivity index (χ4v) is 2.99. The van der Waals surface area contributed by atoms with Crippen LogP contribution in [0.5, 0.6) is 0 Å². The molecule has 160 valence electrons. The van der Waals surface area contributed by atoms with Gasteiger partial charge < -0.3 is 4.90 Å². The number of aromatic nitrogens is 2. The van der Waals surface area contributed by atoms with Crippen molar-refractivity contribution in [2.75, 3.05) is 17.0 Å². The first-order valence-electron chi connectivity index (χ1n) is 8.32. The largest absolute Gasteiger partial charge is 0.433 e. The summed E-state index contributed by atoms with van der Waals surface area (Å²) in [6.45, 7) is 1.29. The van der Waals surface area contributed by atoms with E-state index in [0.29, 0.717) is 12.1 Å². The van der Waals surface area contributed by atoms with Gasteiger partial charge in [0.2, 0.25) is 11.9 Å². The van der Waals surface area contributed by atoms with Crippen LogP contribution in [0.25, 0.3) is 0 Å². The number of hydrogen-bond acceptors (Lipinski definition) is 5. The lowest BCUT2D eigenvalue weighted by Crippen LogP contribution is -2.49. The molecule has 30 heavy (non-hydrogen) atoms. The van der Waals surface area contributed by atoms with E-state index in [1.165, 1.54) is 6.92 Å². The molecule has 0 radical (unpaired) electrons. The second kappa shape index (κ2) is 7.67. The van der Waals surface area contributed by atoms with Crippen LogP contribution in [0.2, 0.25) is 5.02 Å². The van der Waals surface area contributed by atoms with E-state index in [1.54, 1.807) is 0 Å². The van der Waals surface area contributed by atoms with Crippen LogP contribution in [0, 0.1) is 18.6 Å². The van der Waals surface area contributed by atoms with Gasteiger partial charge in [-0.25, -0.2) is 23.8 Å². The van der Waals surface area contributed by atoms with Crippen LogP contribution in [-0.2, 0) is 15.8 Å². The van der Waals surface area contributed by atoms with Crippen LogP contribution in [0.4, 0.5) is 33.6 Å². The quantitative estimate of drug-likeness (QED) is 0.576. The smallest absolute Gasteiger partial charge is 0.311 e. The molecule has 1 N–H and O–H groups in total. The Balaban J connectivity index is 1.97. The lowest BCUT2D eigenvalue weighted by Gasteiger charge is -2.27. The Morgan fingerprint density at radius 2 is 1.90 bits per heavy atom. The molecular weight excluding hydrogens is 437 g/mol. The molecule has 2 aromatic rings. The normalized spacial score (nSPS) is 16.6. The number of carbonyl (C=O) groups excluding carboxylic acids is 2. The molecule has 0 bridgehead atoms. The maximum absolute atomic E-state index is 14.1. The van der Waals surface area contributed by atoms with Gasteiger partial charge in [-0.15, -0.1) is 0 Å². The number of rotatable bonds is 3. The number of aryl methyl sites for hydroxylation is 1. The van der Waals surface area contributed by atoms with Gasteiger partial charge in [0, 0.05) is 18.8 Å². The third kappa shape index (κ3) is 4.13. The zero-order chi connectivity index (χ0) is 22.4. The second-order valence-corrected chi connectivity index (χ2v) is 6.84. The van der Waals surface area contributed by atoms with Crippen LogP contribution in [0.15, 0.2) is 18.2 Å². The lowest BCUT2D eigenvalue weighted by atomic mass is 10.1. The number of alkyl halides is 3. The highest BCUT2D eigenvalue weighted by Gasteiger charge is 2.41. The summed E-state index contributed by atoms with van der Waals surface area (Å²) >= 11 is 5.64. The molecule has 1 atom stereocenters. The van der Waals surface area contributed by atoms with Crippen molar-refractivity contribution >= 4 is 35.1 Å². The Labute approximate surface area is 171 Å². The number of amides is 2. The van der Waals surface area contributed by atoms with E-state index in [-0.39, 0.29) is 11.4 Å². The van der Waals surface area contributed by atoms with Crippen LogP contribution in [0.3, 0.4) is 0 Å². The molecule has 2 heterocycles. The van der Waals surface area contributed by atoms with Crippen molar-refractivity contribution in [1.82, 2.24) is 15.4 Å². The number of carbonyl (C=O) groups is 2. The Bertz CT molecular complexity index is 1030. The molecule has 1 aliphatic rings. The topological polar surface area (TPSA) is 78.4 Å². The van der Waals surface area contributed by atoms with Gasteiger partial charge in [-0.05, 0) is 19.1 Å². The molecule has 1 aliphatic heterocycles. The van der Waals surface area contributed by atoms with Crippen molar-refractivity contribution in [3.05, 3.63) is 46.2 Å². The summed E-state index contributed by atoms with van der Waals surface area (Å²) in [4.78, 5) is 32.8. The first-order chi connectivity index (χ1) is 13.9. The first-order valence-corrected chi connectivity index (χ1v) is 8.70. The van der Waals surface area contributed by atoms with Crippen molar-refractivity contribution in [2.24, 2.45) is 0 Å². The van der Waals surface area contributed by atoms with E-state index in [1.807, 2.05) is 0 Å². The minimum atomic E-state index is -4.78. The molecular formula is C17H13ClF5N5O2. The lowest BCUT2D eigenvalue weighted by molar-refractivity contribution is -0.141. The van der Waals surface area contributed by atoms with Crippen molar-refractivity contribution < 1.29 is 31.5 Å². The molecule has 7 nitrogen and oxygen atoms in total. The monoisotopic (exact) mass is 449 g/mol. The molecule has 13 heteroatoms. The third-order valence-corrected chi connectivity index (χ3v) is 4.54. The Kier molecular flexibility index (Phi) is 5.54. The summed E-state index contributed by atoms with van der Waals surface area (Å²) < 4.78 is 66.7. The molecule has 0 saturated carbocycles. The molecule has 3 rings (SSSR count). The Morgan fingerprint density at radius 1 is 1.23 bits per heavy atom. The number of nitrogens with one attached hydrogen (secondary N) is 1. The van der Waals surface area contributed by atoms with Crippen LogP contribution in [0.1, 0.15) is 17.8 Å². The zero-order valence-electron chi connectivity index (χ0n) is 15.4. The van der Waals surface area contributed by atoms with E-state index >= 15 is 0 Å². The van der Waals surface area contributed by atoms with Crippen molar-refractivity contribution in [3.63, 3.8) is 0 Å². The summed E-state index contributed by atoms with van der Waals surface area (Å²) in [6.07, 6.45) is -5.23. The molecule has 1 aromatic carbocycles. The minimum Gasteiger partial charge on any atom is -0.311 e. The van der Waals surface area contributed by atoms with Gasteiger partial charge in [-0.1, -0.05) is 11.6 Å². The average molecular weight is 450 g/mol. The van der Waals surface area contributed by atoms with Gasteiger partial charge in [0.05, 0.1) is 17.1 Å². The first kappa shape index (κ1) is 21.7. The highest BCUT2D eigenvalue weighted by Crippen LogP contribution is 2.31. The molecule has 1 saturated heterocycles. The zero-order valence-corrected chi connectivity index (χ0v) is 16.1. The summed E-state index contributed by atoms with van der Waals surface area (Å²) in [6, 6.07) is 0.689. The highest BCUT2D eigenvalue weighted by molar-refractivity contribution is 6.31. The molecule has 0 spiro atoms. The van der Waals surface area contributed by atoms with E-state index < -0.39 is 58.8 Å². The van der Waals surface area contributed by atoms with E-state index in [0.717, 1.165) is 23.0 Å².